The molecule has 0 aliphatic heterocycles. The average molecular weight is 198 g/mol. The first-order chi connectivity index (χ1) is 6.74. The largest absolute Gasteiger partial charge is 0.376 e. The van der Waals surface area contributed by atoms with Crippen LogP contribution < -0.4 is 10.6 Å². The molecule has 14 heavy (non-hydrogen) atoms. The van der Waals surface area contributed by atoms with Crippen LogP contribution >= 0.6 is 0 Å². The molecular formula is C10H18N2O2. The van der Waals surface area contributed by atoms with Crippen LogP contribution in [0, 0.1) is 0 Å². The van der Waals surface area contributed by atoms with Crippen molar-refractivity contribution in [2.45, 2.75) is 43.7 Å². The Morgan fingerprint density at radius 2 is 2.21 bits per heavy atom. The Bertz CT molecular complexity index is 217. The number of rotatable bonds is 4. The van der Waals surface area contributed by atoms with Gasteiger partial charge in [0.05, 0.1) is 5.60 Å². The highest BCUT2D eigenvalue weighted by molar-refractivity contribution is 5.74. The summed E-state index contributed by atoms with van der Waals surface area (Å²) in [7, 11) is 1.72. The molecule has 80 valence electrons. The summed E-state index contributed by atoms with van der Waals surface area (Å²) in [5.74, 6) is 0. The monoisotopic (exact) mass is 198 g/mol. The Hall–Kier alpha value is -0.770. The molecule has 0 aromatic rings. The van der Waals surface area contributed by atoms with E-state index in [2.05, 4.69) is 10.6 Å². The Morgan fingerprint density at radius 1 is 1.50 bits per heavy atom. The molecule has 0 bridgehead atoms. The number of nitrogens with one attached hydrogen (secondary N) is 2. The van der Waals surface area contributed by atoms with Crippen LogP contribution in [0.15, 0.2) is 0 Å². The number of hydrogen-bond donors (Lipinski definition) is 2. The summed E-state index contributed by atoms with van der Waals surface area (Å²) < 4.78 is 5.40. The third-order valence-corrected chi connectivity index (χ3v) is 3.18. The normalized spacial score (nSPS) is 23.8. The molecule has 0 aromatic heterocycles. The zero-order valence-corrected chi connectivity index (χ0v) is 8.64. The summed E-state index contributed by atoms with van der Waals surface area (Å²) in [4.78, 5) is 11.3. The molecule has 4 heteroatoms. The summed E-state index contributed by atoms with van der Waals surface area (Å²) in [5.41, 5.74) is -0.0686. The van der Waals surface area contributed by atoms with Gasteiger partial charge in [-0.25, -0.2) is 4.79 Å². The van der Waals surface area contributed by atoms with Gasteiger partial charge in [-0.05, 0) is 32.1 Å². The van der Waals surface area contributed by atoms with Gasteiger partial charge in [-0.15, -0.1) is 0 Å². The van der Waals surface area contributed by atoms with Crippen molar-refractivity contribution < 1.29 is 9.53 Å². The smallest absolute Gasteiger partial charge is 0.315 e. The van der Waals surface area contributed by atoms with Gasteiger partial charge in [-0.3, -0.25) is 0 Å². The van der Waals surface area contributed by atoms with Crippen molar-refractivity contribution in [3.63, 3.8) is 0 Å². The van der Waals surface area contributed by atoms with Gasteiger partial charge in [0.2, 0.25) is 0 Å². The fraction of sp³-hybridized carbons (Fsp3) is 0.900. The zero-order chi connectivity index (χ0) is 10.0. The Labute approximate surface area is 84.4 Å². The highest BCUT2D eigenvalue weighted by Crippen LogP contribution is 2.34. The minimum atomic E-state index is -0.0686. The highest BCUT2D eigenvalue weighted by Gasteiger charge is 2.37. The van der Waals surface area contributed by atoms with Crippen molar-refractivity contribution in [2.75, 3.05) is 13.7 Å². The van der Waals surface area contributed by atoms with Crippen LogP contribution in [0.25, 0.3) is 0 Å². The van der Waals surface area contributed by atoms with Gasteiger partial charge in [0.15, 0.2) is 0 Å². The molecule has 2 rings (SSSR count). The summed E-state index contributed by atoms with van der Waals surface area (Å²) >= 11 is 0. The van der Waals surface area contributed by atoms with Crippen molar-refractivity contribution in [3.05, 3.63) is 0 Å². The van der Waals surface area contributed by atoms with E-state index in [1.54, 1.807) is 7.11 Å². The van der Waals surface area contributed by atoms with E-state index in [-0.39, 0.29) is 11.6 Å². The van der Waals surface area contributed by atoms with Gasteiger partial charge < -0.3 is 15.4 Å². The molecule has 2 fully saturated rings. The molecule has 0 heterocycles. The minimum absolute atomic E-state index is 0.0455. The lowest BCUT2D eigenvalue weighted by Gasteiger charge is -2.40. The minimum Gasteiger partial charge on any atom is -0.376 e. The van der Waals surface area contributed by atoms with Gasteiger partial charge in [-0.2, -0.15) is 0 Å². The summed E-state index contributed by atoms with van der Waals surface area (Å²) in [6.07, 6.45) is 5.59. The van der Waals surface area contributed by atoms with Crippen LogP contribution in [-0.2, 0) is 4.74 Å². The summed E-state index contributed by atoms with van der Waals surface area (Å²) in [6.45, 7) is 0.641. The van der Waals surface area contributed by atoms with Gasteiger partial charge in [0.25, 0.3) is 0 Å². The maximum Gasteiger partial charge on any atom is 0.315 e. The first-order valence-electron chi connectivity index (χ1n) is 5.34. The van der Waals surface area contributed by atoms with Crippen LogP contribution in [0.4, 0.5) is 4.79 Å². The number of methoxy groups -OCH3 is 1. The van der Waals surface area contributed by atoms with Crippen molar-refractivity contribution >= 4 is 6.03 Å². The molecule has 0 saturated heterocycles. The molecule has 0 unspecified atom stereocenters. The molecule has 2 amide bonds. The topological polar surface area (TPSA) is 50.4 Å². The molecule has 2 N–H and O–H groups in total. The van der Waals surface area contributed by atoms with Crippen molar-refractivity contribution in [3.8, 4) is 0 Å². The van der Waals surface area contributed by atoms with E-state index in [4.69, 9.17) is 4.74 Å². The van der Waals surface area contributed by atoms with Crippen molar-refractivity contribution in [2.24, 2.45) is 0 Å². The highest BCUT2D eigenvalue weighted by atomic mass is 16.5. The van der Waals surface area contributed by atoms with E-state index in [1.165, 1.54) is 6.42 Å². The van der Waals surface area contributed by atoms with Crippen LogP contribution in [0.1, 0.15) is 32.1 Å². The molecular weight excluding hydrogens is 180 g/mol. The molecule has 4 nitrogen and oxygen atoms in total. The van der Waals surface area contributed by atoms with Crippen molar-refractivity contribution in [1.82, 2.24) is 10.6 Å². The molecule has 2 saturated carbocycles. The number of carbonyl (C=O) groups is 1. The Kier molecular flexibility index (Phi) is 2.63. The van der Waals surface area contributed by atoms with Crippen LogP contribution in [0.3, 0.4) is 0 Å². The number of urea groups is 1. The number of ether oxygens (including phenoxy) is 1. The van der Waals surface area contributed by atoms with E-state index >= 15 is 0 Å². The third-order valence-electron chi connectivity index (χ3n) is 3.18. The fourth-order valence-electron chi connectivity index (χ4n) is 1.73. The molecule has 2 aliphatic carbocycles. The van der Waals surface area contributed by atoms with Gasteiger partial charge in [0.1, 0.15) is 0 Å². The molecule has 0 atom stereocenters. The predicted molar refractivity (Wildman–Crippen MR) is 53.1 cm³/mol. The van der Waals surface area contributed by atoms with Gasteiger partial charge in [0, 0.05) is 19.7 Å². The predicted octanol–water partition coefficient (Wildman–Crippen LogP) is 1.02. The molecule has 0 spiro atoms. The van der Waals surface area contributed by atoms with E-state index in [0.29, 0.717) is 12.6 Å². The first kappa shape index (κ1) is 9.77. The number of hydrogen-bond acceptors (Lipinski definition) is 2. The number of amides is 2. The zero-order valence-electron chi connectivity index (χ0n) is 8.64. The maximum absolute atomic E-state index is 11.3. The lowest BCUT2D eigenvalue weighted by Crippen LogP contribution is -2.51. The molecule has 0 radical (unpaired) electrons. The summed E-state index contributed by atoms with van der Waals surface area (Å²) in [6, 6.07) is 0.380. The quantitative estimate of drug-likeness (QED) is 0.708. The van der Waals surface area contributed by atoms with Crippen LogP contribution in [0.5, 0.6) is 0 Å². The first-order valence-corrected chi connectivity index (χ1v) is 5.34. The average Bonchev–Trinajstić information content (AvgIpc) is 2.87. The van der Waals surface area contributed by atoms with E-state index in [0.717, 1.165) is 25.7 Å². The van der Waals surface area contributed by atoms with Crippen LogP contribution in [-0.4, -0.2) is 31.3 Å². The second-order valence-electron chi connectivity index (χ2n) is 4.34. The lowest BCUT2D eigenvalue weighted by atomic mass is 9.80. The van der Waals surface area contributed by atoms with E-state index in [1.807, 2.05) is 0 Å². The van der Waals surface area contributed by atoms with Crippen molar-refractivity contribution in [1.29, 1.82) is 0 Å². The number of carbonyl (C=O) groups excluding carboxylic acids is 1. The second kappa shape index (κ2) is 3.77. The van der Waals surface area contributed by atoms with E-state index in [9.17, 15) is 4.79 Å². The molecule has 2 aliphatic rings. The lowest BCUT2D eigenvalue weighted by molar-refractivity contribution is -0.0674. The Morgan fingerprint density at radius 3 is 2.64 bits per heavy atom. The third kappa shape index (κ3) is 2.18. The van der Waals surface area contributed by atoms with Gasteiger partial charge in [-0.1, -0.05) is 0 Å². The Balaban J connectivity index is 1.67. The maximum atomic E-state index is 11.3. The van der Waals surface area contributed by atoms with Crippen LogP contribution in [0.2, 0.25) is 0 Å². The fourth-order valence-corrected chi connectivity index (χ4v) is 1.73. The standard InChI is InChI=1S/C10H18N2O2/c1-14-10(5-2-6-10)7-11-9(13)12-8-3-4-8/h8H,2-7H2,1H3,(H2,11,12,13). The van der Waals surface area contributed by atoms with Gasteiger partial charge >= 0.3 is 6.03 Å². The molecule has 0 aromatic carbocycles. The second-order valence-corrected chi connectivity index (χ2v) is 4.34. The van der Waals surface area contributed by atoms with E-state index < -0.39 is 0 Å². The SMILES string of the molecule is COC1(CNC(=O)NC2CC2)CCC1. The summed E-state index contributed by atoms with van der Waals surface area (Å²) in [5, 5.41) is 5.77.